The van der Waals surface area contributed by atoms with Crippen molar-refractivity contribution in [3.8, 4) is 0 Å². The van der Waals surface area contributed by atoms with E-state index in [1.54, 1.807) is 0 Å². The van der Waals surface area contributed by atoms with Crippen LogP contribution in [0.4, 0.5) is 0 Å². The molecule has 0 radical (unpaired) electrons. The first kappa shape index (κ1) is 14.5. The summed E-state index contributed by atoms with van der Waals surface area (Å²) in [5.74, 6) is 0.169. The molecular weight excluding hydrogens is 272 g/mol. The summed E-state index contributed by atoms with van der Waals surface area (Å²) in [6.45, 7) is 4.87. The fourth-order valence-electron chi connectivity index (χ4n) is 2.93. The molecule has 2 aliphatic rings. The van der Waals surface area contributed by atoms with E-state index < -0.39 is 0 Å². The van der Waals surface area contributed by atoms with Crippen molar-refractivity contribution in [2.75, 3.05) is 19.7 Å². The van der Waals surface area contributed by atoms with Crippen LogP contribution in [0.25, 0.3) is 0 Å². The Labute approximate surface area is 124 Å². The Morgan fingerprint density at radius 2 is 2.14 bits per heavy atom. The van der Waals surface area contributed by atoms with Crippen LogP contribution in [0, 0.1) is 6.92 Å². The summed E-state index contributed by atoms with van der Waals surface area (Å²) in [4.78, 5) is 14.2. The van der Waals surface area contributed by atoms with E-state index in [9.17, 15) is 4.79 Å². The molecule has 1 aromatic heterocycles. The third-order valence-corrected chi connectivity index (χ3v) is 4.32. The van der Waals surface area contributed by atoms with Crippen LogP contribution in [0.5, 0.6) is 0 Å². The van der Waals surface area contributed by atoms with E-state index in [4.69, 9.17) is 4.74 Å². The lowest BCUT2D eigenvalue weighted by atomic mass is 10.0. The number of likely N-dealkylation sites (tertiary alicyclic amines) is 1. The Kier molecular flexibility index (Phi) is 4.50. The van der Waals surface area contributed by atoms with Gasteiger partial charge < -0.3 is 15.0 Å². The quantitative estimate of drug-likeness (QED) is 0.877. The smallest absolute Gasteiger partial charge is 0.251 e. The summed E-state index contributed by atoms with van der Waals surface area (Å²) in [7, 11) is 0. The Balaban J connectivity index is 1.42. The summed E-state index contributed by atoms with van der Waals surface area (Å²) < 4.78 is 10.2. The van der Waals surface area contributed by atoms with Crippen molar-refractivity contribution in [2.24, 2.45) is 0 Å². The number of aryl methyl sites for hydroxylation is 1. The predicted molar refractivity (Wildman–Crippen MR) is 74.5 cm³/mol. The average molecular weight is 294 g/mol. The molecule has 3 heterocycles. The van der Waals surface area contributed by atoms with E-state index >= 15 is 0 Å². The lowest BCUT2D eigenvalue weighted by molar-refractivity contribution is -0.142. The molecular formula is C14H22N4O3. The van der Waals surface area contributed by atoms with Crippen LogP contribution >= 0.6 is 0 Å². The molecule has 2 fully saturated rings. The lowest BCUT2D eigenvalue weighted by Crippen LogP contribution is -2.47. The third kappa shape index (κ3) is 3.41. The van der Waals surface area contributed by atoms with Crippen LogP contribution in [0.2, 0.25) is 0 Å². The fourth-order valence-corrected chi connectivity index (χ4v) is 2.93. The zero-order valence-corrected chi connectivity index (χ0v) is 12.4. The van der Waals surface area contributed by atoms with E-state index in [0.717, 1.165) is 56.8 Å². The number of nitrogens with one attached hydrogen (secondary N) is 1. The van der Waals surface area contributed by atoms with Crippen LogP contribution in [-0.4, -0.2) is 53.0 Å². The lowest BCUT2D eigenvalue weighted by Gasteiger charge is -2.33. The number of aromatic nitrogens is 2. The third-order valence-electron chi connectivity index (χ3n) is 4.32. The van der Waals surface area contributed by atoms with Crippen LogP contribution in [0.3, 0.4) is 0 Å². The molecule has 1 atom stereocenters. The van der Waals surface area contributed by atoms with Crippen LogP contribution in [0.1, 0.15) is 37.1 Å². The molecule has 0 unspecified atom stereocenters. The van der Waals surface area contributed by atoms with Gasteiger partial charge in [0.15, 0.2) is 0 Å². The summed E-state index contributed by atoms with van der Waals surface area (Å²) in [6.07, 6.45) is 3.60. The SMILES string of the molecule is Cc1nonc1CNC1CCN(C(=O)[C@@H]2CCCO2)CC1. The molecule has 2 saturated heterocycles. The maximum atomic E-state index is 12.2. The molecule has 21 heavy (non-hydrogen) atoms. The maximum absolute atomic E-state index is 12.2. The largest absolute Gasteiger partial charge is 0.368 e. The second kappa shape index (κ2) is 6.53. The molecule has 1 aromatic rings. The van der Waals surface area contributed by atoms with Gasteiger partial charge in [-0.2, -0.15) is 0 Å². The van der Waals surface area contributed by atoms with Crippen LogP contribution < -0.4 is 5.32 Å². The van der Waals surface area contributed by atoms with Crippen LogP contribution in [0.15, 0.2) is 4.63 Å². The monoisotopic (exact) mass is 294 g/mol. The Bertz CT molecular complexity index is 476. The van der Waals surface area contributed by atoms with Gasteiger partial charge in [0.1, 0.15) is 17.5 Å². The van der Waals surface area contributed by atoms with Crippen molar-refractivity contribution in [2.45, 2.75) is 51.3 Å². The van der Waals surface area contributed by atoms with Crippen molar-refractivity contribution in [1.29, 1.82) is 0 Å². The molecule has 1 N–H and O–H groups in total. The fraction of sp³-hybridized carbons (Fsp3) is 0.786. The van der Waals surface area contributed by atoms with Gasteiger partial charge in [-0.15, -0.1) is 0 Å². The normalized spacial score (nSPS) is 23.7. The number of piperidine rings is 1. The topological polar surface area (TPSA) is 80.5 Å². The van der Waals surface area contributed by atoms with E-state index in [0.29, 0.717) is 12.6 Å². The Morgan fingerprint density at radius 3 is 2.76 bits per heavy atom. The Hall–Kier alpha value is -1.47. The number of carbonyl (C=O) groups excluding carboxylic acids is 1. The van der Waals surface area contributed by atoms with E-state index in [1.807, 2.05) is 11.8 Å². The van der Waals surface area contributed by atoms with Gasteiger partial charge in [0.25, 0.3) is 5.91 Å². The van der Waals surface area contributed by atoms with Crippen molar-refractivity contribution in [3.63, 3.8) is 0 Å². The number of hydrogen-bond acceptors (Lipinski definition) is 6. The highest BCUT2D eigenvalue weighted by molar-refractivity contribution is 5.81. The van der Waals surface area contributed by atoms with Gasteiger partial charge in [-0.05, 0) is 32.6 Å². The number of hydrogen-bond donors (Lipinski definition) is 1. The summed E-state index contributed by atoms with van der Waals surface area (Å²) >= 11 is 0. The molecule has 7 heteroatoms. The zero-order chi connectivity index (χ0) is 14.7. The maximum Gasteiger partial charge on any atom is 0.251 e. The van der Waals surface area contributed by atoms with Gasteiger partial charge in [-0.3, -0.25) is 4.79 Å². The van der Waals surface area contributed by atoms with Crippen molar-refractivity contribution < 1.29 is 14.2 Å². The molecule has 0 aromatic carbocycles. The van der Waals surface area contributed by atoms with Crippen molar-refractivity contribution in [3.05, 3.63) is 11.4 Å². The molecule has 3 rings (SSSR count). The standard InChI is InChI=1S/C14H22N4O3/c1-10-12(17-21-16-10)9-15-11-4-6-18(7-5-11)14(19)13-3-2-8-20-13/h11,13,15H,2-9H2,1H3/t13-/m0/s1. The summed E-state index contributed by atoms with van der Waals surface area (Å²) in [5.41, 5.74) is 1.68. The molecule has 0 bridgehead atoms. The number of carbonyl (C=O) groups is 1. The summed E-state index contributed by atoms with van der Waals surface area (Å²) in [6, 6.07) is 0.412. The molecule has 0 saturated carbocycles. The van der Waals surface area contributed by atoms with Gasteiger partial charge in [0.05, 0.1) is 0 Å². The zero-order valence-electron chi connectivity index (χ0n) is 12.4. The van der Waals surface area contributed by atoms with E-state index in [1.165, 1.54) is 0 Å². The summed E-state index contributed by atoms with van der Waals surface area (Å²) in [5, 5.41) is 11.1. The van der Waals surface area contributed by atoms with Crippen LogP contribution in [-0.2, 0) is 16.1 Å². The van der Waals surface area contributed by atoms with Gasteiger partial charge in [-0.25, -0.2) is 4.63 Å². The number of ether oxygens (including phenoxy) is 1. The van der Waals surface area contributed by atoms with Gasteiger partial charge >= 0.3 is 0 Å². The molecule has 0 spiro atoms. The number of amides is 1. The molecule has 2 aliphatic heterocycles. The van der Waals surface area contributed by atoms with E-state index in [2.05, 4.69) is 20.3 Å². The predicted octanol–water partition coefficient (Wildman–Crippen LogP) is 0.638. The highest BCUT2D eigenvalue weighted by Crippen LogP contribution is 2.18. The van der Waals surface area contributed by atoms with Gasteiger partial charge in [-0.1, -0.05) is 10.3 Å². The van der Waals surface area contributed by atoms with Gasteiger partial charge in [0, 0.05) is 32.3 Å². The first-order valence-corrected chi connectivity index (χ1v) is 7.66. The minimum atomic E-state index is -0.196. The second-order valence-corrected chi connectivity index (χ2v) is 5.78. The highest BCUT2D eigenvalue weighted by atomic mass is 16.6. The second-order valence-electron chi connectivity index (χ2n) is 5.78. The van der Waals surface area contributed by atoms with Gasteiger partial charge in [0.2, 0.25) is 0 Å². The highest BCUT2D eigenvalue weighted by Gasteiger charge is 2.30. The van der Waals surface area contributed by atoms with Crippen molar-refractivity contribution >= 4 is 5.91 Å². The number of rotatable bonds is 4. The first-order valence-electron chi connectivity index (χ1n) is 7.66. The Morgan fingerprint density at radius 1 is 1.33 bits per heavy atom. The van der Waals surface area contributed by atoms with Crippen molar-refractivity contribution in [1.82, 2.24) is 20.5 Å². The first-order chi connectivity index (χ1) is 10.2. The minimum Gasteiger partial charge on any atom is -0.368 e. The minimum absolute atomic E-state index is 0.169. The number of nitrogens with zero attached hydrogens (tertiary/aromatic N) is 3. The molecule has 7 nitrogen and oxygen atoms in total. The average Bonchev–Trinajstić information content (AvgIpc) is 3.17. The molecule has 0 aliphatic carbocycles. The molecule has 116 valence electrons. The molecule has 1 amide bonds. The van der Waals surface area contributed by atoms with E-state index in [-0.39, 0.29) is 12.0 Å².